The van der Waals surface area contributed by atoms with Crippen LogP contribution in [0.4, 0.5) is 5.69 Å². The fourth-order valence-corrected chi connectivity index (χ4v) is 1.79. The van der Waals surface area contributed by atoms with E-state index in [9.17, 15) is 9.59 Å². The van der Waals surface area contributed by atoms with E-state index in [-0.39, 0.29) is 24.2 Å². The van der Waals surface area contributed by atoms with Gasteiger partial charge in [0, 0.05) is 24.8 Å². The summed E-state index contributed by atoms with van der Waals surface area (Å²) in [5, 5.41) is 8.33. The molecule has 2 rings (SSSR count). The van der Waals surface area contributed by atoms with Crippen LogP contribution in [-0.4, -0.2) is 38.6 Å². The number of rotatable bonds is 8. The van der Waals surface area contributed by atoms with Crippen LogP contribution in [0.3, 0.4) is 0 Å². The molecule has 7 nitrogen and oxygen atoms in total. The van der Waals surface area contributed by atoms with Crippen LogP contribution in [0.2, 0.25) is 0 Å². The number of hydrogen-bond acceptors (Lipinski definition) is 5. The Balaban J connectivity index is 1.85. The Hall–Kier alpha value is -2.80. The second-order valence-corrected chi connectivity index (χ2v) is 4.70. The van der Waals surface area contributed by atoms with Gasteiger partial charge in [-0.15, -0.1) is 0 Å². The van der Waals surface area contributed by atoms with Crippen LogP contribution in [0.15, 0.2) is 47.1 Å². The highest BCUT2D eigenvalue weighted by molar-refractivity contribution is 6.02. The second kappa shape index (κ2) is 8.60. The molecule has 0 aliphatic rings. The van der Waals surface area contributed by atoms with Crippen molar-refractivity contribution in [1.29, 1.82) is 0 Å². The van der Waals surface area contributed by atoms with E-state index in [2.05, 4.69) is 16.0 Å². The second-order valence-electron chi connectivity index (χ2n) is 4.70. The number of ether oxygens (including phenoxy) is 1. The number of carbonyl (C=O) groups excluding carboxylic acids is 2. The summed E-state index contributed by atoms with van der Waals surface area (Å²) in [5.74, 6) is 0.161. The van der Waals surface area contributed by atoms with Crippen molar-refractivity contribution in [2.75, 3.05) is 32.1 Å². The van der Waals surface area contributed by atoms with Crippen LogP contribution in [0.5, 0.6) is 5.75 Å². The first-order valence-electron chi connectivity index (χ1n) is 7.18. The molecule has 0 unspecified atom stereocenters. The van der Waals surface area contributed by atoms with Gasteiger partial charge >= 0.3 is 0 Å². The third-order valence-electron chi connectivity index (χ3n) is 2.90. The summed E-state index contributed by atoms with van der Waals surface area (Å²) in [7, 11) is 1.81. The van der Waals surface area contributed by atoms with Crippen molar-refractivity contribution >= 4 is 17.5 Å². The van der Waals surface area contributed by atoms with Crippen LogP contribution in [0.1, 0.15) is 10.6 Å². The van der Waals surface area contributed by atoms with Crippen molar-refractivity contribution in [3.63, 3.8) is 0 Å². The molecule has 1 aromatic heterocycles. The Morgan fingerprint density at radius 1 is 1.17 bits per heavy atom. The smallest absolute Gasteiger partial charge is 0.291 e. The van der Waals surface area contributed by atoms with Crippen LogP contribution >= 0.6 is 0 Å². The average molecular weight is 317 g/mol. The zero-order valence-electron chi connectivity index (χ0n) is 12.8. The highest BCUT2D eigenvalue weighted by Gasteiger charge is 2.09. The molecule has 3 N–H and O–H groups in total. The maximum absolute atomic E-state index is 11.9. The first-order valence-corrected chi connectivity index (χ1v) is 7.18. The highest BCUT2D eigenvalue weighted by Crippen LogP contribution is 2.18. The summed E-state index contributed by atoms with van der Waals surface area (Å²) in [5.41, 5.74) is 0.555. The fourth-order valence-electron chi connectivity index (χ4n) is 1.79. The van der Waals surface area contributed by atoms with E-state index in [1.165, 1.54) is 6.26 Å². The number of amides is 2. The molecule has 2 amide bonds. The van der Waals surface area contributed by atoms with E-state index in [1.807, 2.05) is 7.05 Å². The average Bonchev–Trinajstić information content (AvgIpc) is 3.08. The molecule has 7 heteroatoms. The summed E-state index contributed by atoms with van der Waals surface area (Å²) < 4.78 is 10.4. The first kappa shape index (κ1) is 16.6. The number of carbonyl (C=O) groups is 2. The Kier molecular flexibility index (Phi) is 6.19. The van der Waals surface area contributed by atoms with E-state index < -0.39 is 0 Å². The molecule has 1 heterocycles. The van der Waals surface area contributed by atoms with E-state index in [0.29, 0.717) is 24.5 Å². The lowest BCUT2D eigenvalue weighted by atomic mass is 10.3. The van der Waals surface area contributed by atoms with Crippen LogP contribution in [-0.2, 0) is 4.79 Å². The minimum absolute atomic E-state index is 0.0840. The van der Waals surface area contributed by atoms with Gasteiger partial charge < -0.3 is 25.1 Å². The molecule has 1 aromatic carbocycles. The fraction of sp³-hybridized carbons (Fsp3) is 0.250. The molecule has 0 spiro atoms. The van der Waals surface area contributed by atoms with Gasteiger partial charge in [-0.05, 0) is 31.3 Å². The summed E-state index contributed by atoms with van der Waals surface area (Å²) >= 11 is 0. The number of likely N-dealkylation sites (N-methyl/N-ethyl adjacent to an activating group) is 1. The number of benzene rings is 1. The largest absolute Gasteiger partial charge is 0.484 e. The molecule has 0 fully saturated rings. The van der Waals surface area contributed by atoms with Crippen molar-refractivity contribution in [3.05, 3.63) is 48.4 Å². The summed E-state index contributed by atoms with van der Waals surface area (Å²) in [6.45, 7) is 1.15. The molecular formula is C16H19N3O4. The van der Waals surface area contributed by atoms with Gasteiger partial charge in [-0.25, -0.2) is 0 Å². The maximum Gasteiger partial charge on any atom is 0.291 e. The predicted molar refractivity (Wildman–Crippen MR) is 85.5 cm³/mol. The van der Waals surface area contributed by atoms with Gasteiger partial charge in [-0.2, -0.15) is 0 Å². The van der Waals surface area contributed by atoms with Gasteiger partial charge in [-0.1, -0.05) is 6.07 Å². The lowest BCUT2D eigenvalue weighted by Gasteiger charge is -2.09. The predicted octanol–water partition coefficient (Wildman–Crippen LogP) is 1.25. The normalized spacial score (nSPS) is 10.1. The molecule has 122 valence electrons. The molecule has 0 aliphatic heterocycles. The topological polar surface area (TPSA) is 92.6 Å². The van der Waals surface area contributed by atoms with Crippen molar-refractivity contribution in [1.82, 2.24) is 10.6 Å². The van der Waals surface area contributed by atoms with Crippen molar-refractivity contribution in [2.45, 2.75) is 0 Å². The highest BCUT2D eigenvalue weighted by atomic mass is 16.5. The van der Waals surface area contributed by atoms with Gasteiger partial charge in [0.05, 0.1) is 6.26 Å². The number of hydrogen-bond donors (Lipinski definition) is 3. The van der Waals surface area contributed by atoms with Crippen molar-refractivity contribution in [2.24, 2.45) is 0 Å². The molecule has 23 heavy (non-hydrogen) atoms. The lowest BCUT2D eigenvalue weighted by molar-refractivity contribution is -0.123. The molecule has 0 radical (unpaired) electrons. The number of furan rings is 1. The summed E-state index contributed by atoms with van der Waals surface area (Å²) in [6, 6.07) is 10.0. The van der Waals surface area contributed by atoms with Gasteiger partial charge in [0.15, 0.2) is 12.4 Å². The van der Waals surface area contributed by atoms with E-state index in [4.69, 9.17) is 9.15 Å². The van der Waals surface area contributed by atoms with E-state index in [1.54, 1.807) is 36.4 Å². The molecule has 0 saturated heterocycles. The Bertz CT molecular complexity index is 641. The van der Waals surface area contributed by atoms with E-state index >= 15 is 0 Å². The third kappa shape index (κ3) is 5.48. The number of anilines is 1. The van der Waals surface area contributed by atoms with E-state index in [0.717, 1.165) is 0 Å². The molecule has 2 aromatic rings. The van der Waals surface area contributed by atoms with Gasteiger partial charge in [0.2, 0.25) is 0 Å². The van der Waals surface area contributed by atoms with Gasteiger partial charge in [0.25, 0.3) is 11.8 Å². The van der Waals surface area contributed by atoms with Gasteiger partial charge in [0.1, 0.15) is 5.75 Å². The molecule has 0 aliphatic carbocycles. The van der Waals surface area contributed by atoms with Crippen molar-refractivity contribution in [3.8, 4) is 5.75 Å². The summed E-state index contributed by atoms with van der Waals surface area (Å²) in [6.07, 6.45) is 1.43. The van der Waals surface area contributed by atoms with Crippen LogP contribution < -0.4 is 20.7 Å². The van der Waals surface area contributed by atoms with Crippen LogP contribution in [0, 0.1) is 0 Å². The molecule has 0 atom stereocenters. The van der Waals surface area contributed by atoms with Crippen LogP contribution in [0.25, 0.3) is 0 Å². The third-order valence-corrected chi connectivity index (χ3v) is 2.90. The number of nitrogens with one attached hydrogen (secondary N) is 3. The Labute approximate surface area is 134 Å². The lowest BCUT2D eigenvalue weighted by Crippen LogP contribution is -2.33. The Morgan fingerprint density at radius 2 is 2.04 bits per heavy atom. The van der Waals surface area contributed by atoms with Crippen molar-refractivity contribution < 1.29 is 18.7 Å². The first-order chi connectivity index (χ1) is 11.2. The van der Waals surface area contributed by atoms with Gasteiger partial charge in [-0.3, -0.25) is 9.59 Å². The maximum atomic E-state index is 11.9. The SMILES string of the molecule is CNCCNC(=O)COc1cccc(NC(=O)c2ccco2)c1. The minimum Gasteiger partial charge on any atom is -0.484 e. The monoisotopic (exact) mass is 317 g/mol. The summed E-state index contributed by atoms with van der Waals surface area (Å²) in [4.78, 5) is 23.4. The zero-order valence-corrected chi connectivity index (χ0v) is 12.8. The quantitative estimate of drug-likeness (QED) is 0.637. The molecule has 0 saturated carbocycles. The Morgan fingerprint density at radius 3 is 2.78 bits per heavy atom. The molecule has 0 bridgehead atoms. The zero-order chi connectivity index (χ0) is 16.5. The molecular weight excluding hydrogens is 298 g/mol. The standard InChI is InChI=1S/C16H19N3O4/c1-17-7-8-18-15(20)11-23-13-5-2-4-12(10-13)19-16(21)14-6-3-9-22-14/h2-6,9-10,17H,7-8,11H2,1H3,(H,18,20)(H,19,21). The minimum atomic E-state index is -0.350.